The first-order chi connectivity index (χ1) is 10.8. The van der Waals surface area contributed by atoms with Crippen LogP contribution in [0.1, 0.15) is 22.8 Å². The molecule has 2 amide bonds. The number of benzene rings is 2. The summed E-state index contributed by atoms with van der Waals surface area (Å²) in [7, 11) is 0. The molecule has 2 N–H and O–H groups in total. The van der Waals surface area contributed by atoms with E-state index in [1.165, 1.54) is 31.2 Å². The van der Waals surface area contributed by atoms with Crippen molar-refractivity contribution in [3.05, 3.63) is 59.7 Å². The number of rotatable bonds is 3. The van der Waals surface area contributed by atoms with Crippen molar-refractivity contribution >= 4 is 23.2 Å². The molecular formula is C16H13F3N2O2. The molecule has 0 heterocycles. The standard InChI is InChI=1S/C16H13F3N2O2/c1-10(22)11-5-7-13(8-6-11)20-15(23)21-14-4-2-3-12(9-14)16(17,18)19/h2-9H,1H3,(H2,20,21,23). The fourth-order valence-corrected chi connectivity index (χ4v) is 1.85. The summed E-state index contributed by atoms with van der Waals surface area (Å²) in [4.78, 5) is 22.9. The van der Waals surface area contributed by atoms with Gasteiger partial charge < -0.3 is 10.6 Å². The minimum atomic E-state index is -4.48. The van der Waals surface area contributed by atoms with Gasteiger partial charge in [0.05, 0.1) is 5.56 Å². The summed E-state index contributed by atoms with van der Waals surface area (Å²) in [6, 6.07) is 9.80. The van der Waals surface area contributed by atoms with E-state index < -0.39 is 17.8 Å². The molecule has 0 bridgehead atoms. The van der Waals surface area contributed by atoms with Gasteiger partial charge in [0, 0.05) is 16.9 Å². The third-order valence-electron chi connectivity index (χ3n) is 3.00. The van der Waals surface area contributed by atoms with Crippen molar-refractivity contribution in [2.24, 2.45) is 0 Å². The summed E-state index contributed by atoms with van der Waals surface area (Å²) in [5.74, 6) is -0.107. The van der Waals surface area contributed by atoms with Gasteiger partial charge in [-0.1, -0.05) is 6.07 Å². The van der Waals surface area contributed by atoms with Crippen molar-refractivity contribution in [1.82, 2.24) is 0 Å². The lowest BCUT2D eigenvalue weighted by Crippen LogP contribution is -2.19. The molecule has 4 nitrogen and oxygen atoms in total. The molecular weight excluding hydrogens is 309 g/mol. The number of nitrogens with one attached hydrogen (secondary N) is 2. The average molecular weight is 322 g/mol. The van der Waals surface area contributed by atoms with Crippen LogP contribution >= 0.6 is 0 Å². The Bertz CT molecular complexity index is 725. The van der Waals surface area contributed by atoms with Gasteiger partial charge in [0.1, 0.15) is 0 Å². The third-order valence-corrected chi connectivity index (χ3v) is 3.00. The molecule has 120 valence electrons. The Morgan fingerprint density at radius 3 is 2.09 bits per heavy atom. The minimum absolute atomic E-state index is 0.0256. The second-order valence-corrected chi connectivity index (χ2v) is 4.79. The monoisotopic (exact) mass is 322 g/mol. The second kappa shape index (κ2) is 6.51. The summed E-state index contributed by atoms with van der Waals surface area (Å²) in [6.07, 6.45) is -4.48. The van der Waals surface area contributed by atoms with Gasteiger partial charge in [0.15, 0.2) is 5.78 Å². The number of alkyl halides is 3. The number of anilines is 2. The smallest absolute Gasteiger partial charge is 0.308 e. The van der Waals surface area contributed by atoms with Crippen molar-refractivity contribution in [2.45, 2.75) is 13.1 Å². The Balaban J connectivity index is 2.03. The highest BCUT2D eigenvalue weighted by atomic mass is 19.4. The number of hydrogen-bond donors (Lipinski definition) is 2. The zero-order valence-corrected chi connectivity index (χ0v) is 12.1. The summed E-state index contributed by atoms with van der Waals surface area (Å²) in [5, 5.41) is 4.80. The van der Waals surface area contributed by atoms with Crippen molar-refractivity contribution in [2.75, 3.05) is 10.6 Å². The number of hydrogen-bond acceptors (Lipinski definition) is 2. The van der Waals surface area contributed by atoms with E-state index in [0.29, 0.717) is 11.3 Å². The Labute approximate surface area is 130 Å². The summed E-state index contributed by atoms with van der Waals surface area (Å²) in [6.45, 7) is 1.42. The first-order valence-electron chi connectivity index (χ1n) is 6.62. The summed E-state index contributed by atoms with van der Waals surface area (Å²) >= 11 is 0. The van der Waals surface area contributed by atoms with E-state index in [0.717, 1.165) is 12.1 Å². The fourth-order valence-electron chi connectivity index (χ4n) is 1.85. The van der Waals surface area contributed by atoms with E-state index in [4.69, 9.17) is 0 Å². The second-order valence-electron chi connectivity index (χ2n) is 4.79. The first kappa shape index (κ1) is 16.5. The molecule has 0 saturated heterocycles. The van der Waals surface area contributed by atoms with Gasteiger partial charge in [-0.3, -0.25) is 4.79 Å². The van der Waals surface area contributed by atoms with Crippen LogP contribution in [0.5, 0.6) is 0 Å². The largest absolute Gasteiger partial charge is 0.416 e. The normalized spacial score (nSPS) is 11.0. The molecule has 0 aliphatic rings. The molecule has 0 radical (unpaired) electrons. The lowest BCUT2D eigenvalue weighted by atomic mass is 10.1. The van der Waals surface area contributed by atoms with Crippen LogP contribution in [-0.4, -0.2) is 11.8 Å². The maximum atomic E-state index is 12.6. The molecule has 0 spiro atoms. The van der Waals surface area contributed by atoms with E-state index in [2.05, 4.69) is 10.6 Å². The maximum Gasteiger partial charge on any atom is 0.416 e. The van der Waals surface area contributed by atoms with Crippen LogP contribution in [-0.2, 0) is 6.18 Å². The summed E-state index contributed by atoms with van der Waals surface area (Å²) < 4.78 is 37.8. The predicted octanol–water partition coefficient (Wildman–Crippen LogP) is 4.55. The molecule has 0 aliphatic heterocycles. The quantitative estimate of drug-likeness (QED) is 0.814. The van der Waals surface area contributed by atoms with Crippen LogP contribution in [0.25, 0.3) is 0 Å². The molecule has 0 unspecified atom stereocenters. The predicted molar refractivity (Wildman–Crippen MR) is 80.5 cm³/mol. The van der Waals surface area contributed by atoms with Crippen LogP contribution in [0.2, 0.25) is 0 Å². The Morgan fingerprint density at radius 1 is 0.913 bits per heavy atom. The van der Waals surface area contributed by atoms with E-state index in [-0.39, 0.29) is 11.5 Å². The Hall–Kier alpha value is -2.83. The lowest BCUT2D eigenvalue weighted by molar-refractivity contribution is -0.137. The van der Waals surface area contributed by atoms with Gasteiger partial charge >= 0.3 is 12.2 Å². The molecule has 0 fully saturated rings. The number of carbonyl (C=O) groups excluding carboxylic acids is 2. The lowest BCUT2D eigenvalue weighted by Gasteiger charge is -2.11. The third kappa shape index (κ3) is 4.57. The number of halogens is 3. The van der Waals surface area contributed by atoms with E-state index in [9.17, 15) is 22.8 Å². The van der Waals surface area contributed by atoms with E-state index >= 15 is 0 Å². The highest BCUT2D eigenvalue weighted by molar-refractivity contribution is 6.00. The van der Waals surface area contributed by atoms with Crippen molar-refractivity contribution in [3.8, 4) is 0 Å². The van der Waals surface area contributed by atoms with Crippen LogP contribution < -0.4 is 10.6 Å². The number of carbonyl (C=O) groups is 2. The van der Waals surface area contributed by atoms with E-state index in [1.54, 1.807) is 12.1 Å². The molecule has 23 heavy (non-hydrogen) atoms. The highest BCUT2D eigenvalue weighted by Gasteiger charge is 2.30. The van der Waals surface area contributed by atoms with Crippen LogP contribution in [0.3, 0.4) is 0 Å². The zero-order valence-electron chi connectivity index (χ0n) is 12.1. The zero-order chi connectivity index (χ0) is 17.0. The highest BCUT2D eigenvalue weighted by Crippen LogP contribution is 2.30. The summed E-state index contributed by atoms with van der Waals surface area (Å²) in [5.41, 5.74) is 0.0899. The van der Waals surface area contributed by atoms with Gasteiger partial charge in [-0.15, -0.1) is 0 Å². The van der Waals surface area contributed by atoms with Crippen molar-refractivity contribution in [3.63, 3.8) is 0 Å². The number of amides is 2. The molecule has 0 aromatic heterocycles. The van der Waals surface area contributed by atoms with Gasteiger partial charge in [0.2, 0.25) is 0 Å². The topological polar surface area (TPSA) is 58.2 Å². The molecule has 0 aliphatic carbocycles. The molecule has 2 aromatic rings. The van der Waals surface area contributed by atoms with E-state index in [1.807, 2.05) is 0 Å². The number of ketones is 1. The Morgan fingerprint density at radius 2 is 1.52 bits per heavy atom. The van der Waals surface area contributed by atoms with Gasteiger partial charge in [-0.25, -0.2) is 4.79 Å². The SMILES string of the molecule is CC(=O)c1ccc(NC(=O)Nc2cccc(C(F)(F)F)c2)cc1. The van der Waals surface area contributed by atoms with Gasteiger partial charge in [-0.05, 0) is 49.4 Å². The van der Waals surface area contributed by atoms with Gasteiger partial charge in [-0.2, -0.15) is 13.2 Å². The maximum absolute atomic E-state index is 12.6. The number of urea groups is 1. The Kier molecular flexibility index (Phi) is 4.68. The van der Waals surface area contributed by atoms with Crippen molar-refractivity contribution in [1.29, 1.82) is 0 Å². The fraction of sp³-hybridized carbons (Fsp3) is 0.125. The number of Topliss-reactive ketones (excluding diaryl/α,β-unsaturated/α-hetero) is 1. The van der Waals surface area contributed by atoms with Crippen LogP contribution in [0.4, 0.5) is 29.3 Å². The van der Waals surface area contributed by atoms with Gasteiger partial charge in [0.25, 0.3) is 0 Å². The van der Waals surface area contributed by atoms with Crippen LogP contribution in [0.15, 0.2) is 48.5 Å². The first-order valence-corrected chi connectivity index (χ1v) is 6.62. The molecule has 2 aromatic carbocycles. The minimum Gasteiger partial charge on any atom is -0.308 e. The molecule has 0 atom stereocenters. The van der Waals surface area contributed by atoms with Crippen molar-refractivity contribution < 1.29 is 22.8 Å². The average Bonchev–Trinajstić information content (AvgIpc) is 2.47. The molecule has 0 saturated carbocycles. The molecule has 7 heteroatoms. The van der Waals surface area contributed by atoms with Crippen LogP contribution in [0, 0.1) is 0 Å². The molecule has 2 rings (SSSR count).